The number of ether oxygens (including phenoxy) is 2. The summed E-state index contributed by atoms with van der Waals surface area (Å²) in [6.45, 7) is 10.3. The minimum absolute atomic E-state index is 0.153. The highest BCUT2D eigenvalue weighted by molar-refractivity contribution is 5.89. The number of carbonyl (C=O) groups is 2. The van der Waals surface area contributed by atoms with Crippen LogP contribution in [0.2, 0.25) is 0 Å². The van der Waals surface area contributed by atoms with E-state index in [0.29, 0.717) is 19.6 Å². The molecule has 2 aliphatic heterocycles. The zero-order chi connectivity index (χ0) is 16.9. The maximum absolute atomic E-state index is 12.4. The third-order valence-electron chi connectivity index (χ3n) is 4.98. The predicted octanol–water partition coefficient (Wildman–Crippen LogP) is 2.17. The van der Waals surface area contributed by atoms with Crippen LogP contribution in [-0.2, 0) is 14.3 Å². The van der Waals surface area contributed by atoms with Crippen molar-refractivity contribution in [1.82, 2.24) is 9.80 Å². The van der Waals surface area contributed by atoms with Crippen molar-refractivity contribution in [3.63, 3.8) is 0 Å². The quantitative estimate of drug-likeness (QED) is 0.742. The molecule has 3 aliphatic rings. The first-order chi connectivity index (χ1) is 10.7. The highest BCUT2D eigenvalue weighted by Gasteiger charge is 2.61. The van der Waals surface area contributed by atoms with Crippen molar-refractivity contribution in [2.24, 2.45) is 0 Å². The van der Waals surface area contributed by atoms with E-state index in [0.717, 1.165) is 32.2 Å². The number of carbonyl (C=O) groups excluding carboxylic acids is 2. The minimum Gasteiger partial charge on any atom is -0.444 e. The molecule has 2 heterocycles. The molecule has 2 amide bonds. The number of likely N-dealkylation sites (tertiary alicyclic amines) is 1. The summed E-state index contributed by atoms with van der Waals surface area (Å²) in [4.78, 5) is 28.3. The Kier molecular flexibility index (Phi) is 3.86. The second kappa shape index (κ2) is 5.36. The van der Waals surface area contributed by atoms with Crippen molar-refractivity contribution >= 4 is 12.0 Å². The van der Waals surface area contributed by atoms with Gasteiger partial charge in [0, 0.05) is 26.2 Å². The summed E-state index contributed by atoms with van der Waals surface area (Å²) < 4.78 is 11.8. The fourth-order valence-corrected chi connectivity index (χ4v) is 3.57. The minimum atomic E-state index is -0.553. The van der Waals surface area contributed by atoms with E-state index in [4.69, 9.17) is 9.47 Å². The molecule has 6 heteroatoms. The van der Waals surface area contributed by atoms with E-state index in [2.05, 4.69) is 0 Å². The molecule has 1 saturated carbocycles. The number of hydrogen-bond acceptors (Lipinski definition) is 4. The van der Waals surface area contributed by atoms with Gasteiger partial charge in [-0.2, -0.15) is 0 Å². The lowest BCUT2D eigenvalue weighted by molar-refractivity contribution is -0.199. The van der Waals surface area contributed by atoms with Gasteiger partial charge in [0.25, 0.3) is 5.91 Å². The lowest BCUT2D eigenvalue weighted by Crippen LogP contribution is -2.63. The van der Waals surface area contributed by atoms with E-state index in [-0.39, 0.29) is 17.6 Å². The molecule has 0 atom stereocenters. The van der Waals surface area contributed by atoms with Gasteiger partial charge in [-0.05, 0) is 53.4 Å². The summed E-state index contributed by atoms with van der Waals surface area (Å²) in [7, 11) is 0. The molecule has 0 N–H and O–H groups in total. The van der Waals surface area contributed by atoms with Gasteiger partial charge in [-0.25, -0.2) is 4.79 Å². The molecule has 2 spiro atoms. The van der Waals surface area contributed by atoms with Crippen molar-refractivity contribution in [3.05, 3.63) is 0 Å². The Labute approximate surface area is 138 Å². The molecule has 3 fully saturated rings. The second-order valence-electron chi connectivity index (χ2n) is 8.07. The van der Waals surface area contributed by atoms with Crippen LogP contribution < -0.4 is 0 Å². The summed E-state index contributed by atoms with van der Waals surface area (Å²) in [5.74, 6) is 0.153. The van der Waals surface area contributed by atoms with Gasteiger partial charge in [0.15, 0.2) is 0 Å². The van der Waals surface area contributed by atoms with Gasteiger partial charge in [-0.15, -0.1) is 0 Å². The lowest BCUT2D eigenvalue weighted by Gasteiger charge is -2.49. The van der Waals surface area contributed by atoms with Crippen LogP contribution in [-0.4, -0.2) is 64.8 Å². The van der Waals surface area contributed by atoms with Gasteiger partial charge in [-0.3, -0.25) is 4.79 Å². The van der Waals surface area contributed by atoms with Crippen molar-refractivity contribution in [2.45, 2.75) is 70.2 Å². The molecule has 0 aromatic heterocycles. The van der Waals surface area contributed by atoms with Gasteiger partial charge in [0.05, 0.1) is 5.60 Å². The molecule has 0 bridgehead atoms. The van der Waals surface area contributed by atoms with E-state index < -0.39 is 11.2 Å². The van der Waals surface area contributed by atoms with E-state index in [1.807, 2.05) is 32.6 Å². The number of piperidine rings is 1. The molecule has 3 rings (SSSR count). The summed E-state index contributed by atoms with van der Waals surface area (Å²) in [6, 6.07) is 0. The summed E-state index contributed by atoms with van der Waals surface area (Å²) in [5.41, 5.74) is -1.32. The van der Waals surface area contributed by atoms with Gasteiger partial charge < -0.3 is 19.3 Å². The smallest absolute Gasteiger partial charge is 0.410 e. The molecular formula is C17H28N2O4. The van der Waals surface area contributed by atoms with Crippen molar-refractivity contribution in [3.8, 4) is 0 Å². The van der Waals surface area contributed by atoms with E-state index in [1.54, 1.807) is 4.90 Å². The maximum atomic E-state index is 12.4. The standard InChI is InChI=1S/C17H28N2O4/c1-5-18-12-16(23-17(6-7-17)13(18)20)8-10-19(11-9-16)14(21)22-15(2,3)4/h5-12H2,1-4H3. The highest BCUT2D eigenvalue weighted by atomic mass is 16.6. The highest BCUT2D eigenvalue weighted by Crippen LogP contribution is 2.49. The van der Waals surface area contributed by atoms with Gasteiger partial charge in [0.1, 0.15) is 11.2 Å². The van der Waals surface area contributed by atoms with E-state index in [1.165, 1.54) is 0 Å². The number of likely N-dealkylation sites (N-methyl/N-ethyl adjacent to an activating group) is 1. The first kappa shape index (κ1) is 16.6. The van der Waals surface area contributed by atoms with Crippen molar-refractivity contribution in [2.75, 3.05) is 26.2 Å². The van der Waals surface area contributed by atoms with Crippen molar-refractivity contribution in [1.29, 1.82) is 0 Å². The van der Waals surface area contributed by atoms with Crippen LogP contribution in [0.1, 0.15) is 53.4 Å². The Morgan fingerprint density at radius 2 is 1.83 bits per heavy atom. The Morgan fingerprint density at radius 1 is 1.22 bits per heavy atom. The number of nitrogens with zero attached hydrogens (tertiary/aromatic N) is 2. The van der Waals surface area contributed by atoms with E-state index in [9.17, 15) is 9.59 Å². The largest absolute Gasteiger partial charge is 0.444 e. The molecular weight excluding hydrogens is 296 g/mol. The molecule has 0 radical (unpaired) electrons. The van der Waals surface area contributed by atoms with Gasteiger partial charge >= 0.3 is 6.09 Å². The van der Waals surface area contributed by atoms with Crippen LogP contribution in [0.25, 0.3) is 0 Å². The third-order valence-corrected chi connectivity index (χ3v) is 4.98. The molecule has 23 heavy (non-hydrogen) atoms. The van der Waals surface area contributed by atoms with Crippen LogP contribution in [0, 0.1) is 0 Å². The molecule has 1 aliphatic carbocycles. The summed E-state index contributed by atoms with van der Waals surface area (Å²) in [5, 5.41) is 0. The Hall–Kier alpha value is -1.30. The second-order valence-corrected chi connectivity index (χ2v) is 8.07. The Balaban J connectivity index is 1.64. The van der Waals surface area contributed by atoms with Crippen molar-refractivity contribution < 1.29 is 19.1 Å². The SMILES string of the molecule is CCN1CC2(CCN(C(=O)OC(C)(C)C)CC2)OC2(CC2)C1=O. The molecule has 0 aromatic carbocycles. The zero-order valence-corrected chi connectivity index (χ0v) is 14.7. The number of hydrogen-bond donors (Lipinski definition) is 0. The summed E-state index contributed by atoms with van der Waals surface area (Å²) >= 11 is 0. The average molecular weight is 324 g/mol. The molecule has 130 valence electrons. The molecule has 0 aromatic rings. The molecule has 6 nitrogen and oxygen atoms in total. The van der Waals surface area contributed by atoms with Crippen LogP contribution >= 0.6 is 0 Å². The Bertz CT molecular complexity index is 499. The van der Waals surface area contributed by atoms with E-state index >= 15 is 0 Å². The molecule has 0 unspecified atom stereocenters. The van der Waals surface area contributed by atoms with Crippen LogP contribution in [0.3, 0.4) is 0 Å². The number of rotatable bonds is 1. The monoisotopic (exact) mass is 324 g/mol. The summed E-state index contributed by atoms with van der Waals surface area (Å²) in [6.07, 6.45) is 2.93. The lowest BCUT2D eigenvalue weighted by atomic mass is 9.88. The number of amides is 2. The Morgan fingerprint density at radius 3 is 2.30 bits per heavy atom. The molecule has 2 saturated heterocycles. The zero-order valence-electron chi connectivity index (χ0n) is 14.7. The van der Waals surface area contributed by atoms with Crippen LogP contribution in [0.4, 0.5) is 4.79 Å². The topological polar surface area (TPSA) is 59.1 Å². The van der Waals surface area contributed by atoms with Crippen LogP contribution in [0.5, 0.6) is 0 Å². The van der Waals surface area contributed by atoms with Crippen LogP contribution in [0.15, 0.2) is 0 Å². The van der Waals surface area contributed by atoms with Gasteiger partial charge in [-0.1, -0.05) is 0 Å². The fraction of sp³-hybridized carbons (Fsp3) is 0.882. The first-order valence-corrected chi connectivity index (χ1v) is 8.66. The number of morpholine rings is 1. The predicted molar refractivity (Wildman–Crippen MR) is 85.1 cm³/mol. The third kappa shape index (κ3) is 3.18. The fourth-order valence-electron chi connectivity index (χ4n) is 3.57. The normalized spacial score (nSPS) is 25.8. The first-order valence-electron chi connectivity index (χ1n) is 8.66. The van der Waals surface area contributed by atoms with Gasteiger partial charge in [0.2, 0.25) is 0 Å². The maximum Gasteiger partial charge on any atom is 0.410 e. The average Bonchev–Trinajstić information content (AvgIpc) is 3.22.